The molecule has 0 bridgehead atoms. The third-order valence-electron chi connectivity index (χ3n) is 5.14. The van der Waals surface area contributed by atoms with Crippen LogP contribution in [0.5, 0.6) is 5.75 Å². The summed E-state index contributed by atoms with van der Waals surface area (Å²) in [6.45, 7) is 0.859. The highest BCUT2D eigenvalue weighted by Gasteiger charge is 2.24. The molecular weight excluding hydrogens is 400 g/mol. The summed E-state index contributed by atoms with van der Waals surface area (Å²) in [5.74, 6) is 2.12. The molecule has 1 aliphatic rings. The van der Waals surface area contributed by atoms with Crippen molar-refractivity contribution in [3.05, 3.63) is 48.3 Å². The van der Waals surface area contributed by atoms with Crippen LogP contribution in [0.15, 0.2) is 42.5 Å². The number of fused-ring (bicyclic) bond motifs is 1. The van der Waals surface area contributed by atoms with E-state index in [-0.39, 0.29) is 18.4 Å². The van der Waals surface area contributed by atoms with Crippen molar-refractivity contribution in [2.45, 2.75) is 25.1 Å². The molecular formula is C22H24N4O3S. The third-order valence-corrected chi connectivity index (χ3v) is 5.68. The normalized spacial score (nSPS) is 13.8. The first kappa shape index (κ1) is 20.3. The number of hydrogen-bond donors (Lipinski definition) is 1. The molecule has 1 fully saturated rings. The third kappa shape index (κ3) is 4.00. The average Bonchev–Trinajstić information content (AvgIpc) is 3.32. The Bertz CT molecular complexity index is 1100. The molecule has 1 aliphatic heterocycles. The standard InChI is InChI=1S/C22H24N4O3S/c1-29-19-12-15(9-10-18(19)25-11-5-8-22(25)28)23-21(27)13-26-17-7-4-3-6-16(17)24-20(26)14-30-2/h3-4,6-7,9-10,12H,5,8,11,13-14H2,1-2H3,(H,23,27). The van der Waals surface area contributed by atoms with E-state index in [1.165, 1.54) is 0 Å². The quantitative estimate of drug-likeness (QED) is 0.626. The van der Waals surface area contributed by atoms with E-state index in [0.29, 0.717) is 24.4 Å². The van der Waals surface area contributed by atoms with Crippen LogP contribution in [0.3, 0.4) is 0 Å². The highest BCUT2D eigenvalue weighted by molar-refractivity contribution is 7.97. The lowest BCUT2D eigenvalue weighted by Crippen LogP contribution is -2.24. The van der Waals surface area contributed by atoms with E-state index in [2.05, 4.69) is 10.3 Å². The minimum absolute atomic E-state index is 0.0957. The van der Waals surface area contributed by atoms with E-state index < -0.39 is 0 Å². The van der Waals surface area contributed by atoms with E-state index in [0.717, 1.165) is 34.7 Å². The minimum atomic E-state index is -0.146. The Labute approximate surface area is 179 Å². The van der Waals surface area contributed by atoms with Crippen LogP contribution in [0.2, 0.25) is 0 Å². The maximum atomic E-state index is 12.8. The number of benzene rings is 2. The van der Waals surface area contributed by atoms with Crippen LogP contribution in [0.4, 0.5) is 11.4 Å². The first-order chi connectivity index (χ1) is 14.6. The second-order valence-electron chi connectivity index (χ2n) is 7.12. The van der Waals surface area contributed by atoms with Gasteiger partial charge in [-0.2, -0.15) is 11.8 Å². The summed E-state index contributed by atoms with van der Waals surface area (Å²) in [4.78, 5) is 31.3. The number of carbonyl (C=O) groups excluding carboxylic acids is 2. The molecule has 4 rings (SSSR count). The molecule has 1 saturated heterocycles. The van der Waals surface area contributed by atoms with Gasteiger partial charge in [0.1, 0.15) is 18.1 Å². The molecule has 0 radical (unpaired) electrons. The van der Waals surface area contributed by atoms with Crippen LogP contribution in [0, 0.1) is 0 Å². The van der Waals surface area contributed by atoms with Crippen molar-refractivity contribution in [3.63, 3.8) is 0 Å². The largest absolute Gasteiger partial charge is 0.494 e. The van der Waals surface area contributed by atoms with Crippen LogP contribution in [-0.4, -0.2) is 41.3 Å². The number of methoxy groups -OCH3 is 1. The molecule has 8 heteroatoms. The number of anilines is 2. The van der Waals surface area contributed by atoms with E-state index >= 15 is 0 Å². The molecule has 0 spiro atoms. The summed E-state index contributed by atoms with van der Waals surface area (Å²) < 4.78 is 7.43. The lowest BCUT2D eigenvalue weighted by molar-refractivity contribution is -0.117. The number of thioether (sulfide) groups is 1. The Morgan fingerprint density at radius 2 is 2.10 bits per heavy atom. The number of ether oxygens (including phenoxy) is 1. The zero-order valence-electron chi connectivity index (χ0n) is 17.1. The van der Waals surface area contributed by atoms with Gasteiger partial charge in [0.2, 0.25) is 11.8 Å². The molecule has 2 amide bonds. The van der Waals surface area contributed by atoms with E-state index in [4.69, 9.17) is 4.74 Å². The molecule has 0 atom stereocenters. The Hall–Kier alpha value is -3.00. The van der Waals surface area contributed by atoms with Crippen molar-refractivity contribution in [2.24, 2.45) is 0 Å². The number of para-hydroxylation sites is 2. The van der Waals surface area contributed by atoms with E-state index in [9.17, 15) is 9.59 Å². The van der Waals surface area contributed by atoms with Gasteiger partial charge in [-0.15, -0.1) is 0 Å². The molecule has 30 heavy (non-hydrogen) atoms. The van der Waals surface area contributed by atoms with Gasteiger partial charge >= 0.3 is 0 Å². The summed E-state index contributed by atoms with van der Waals surface area (Å²) in [5.41, 5.74) is 3.19. The van der Waals surface area contributed by atoms with Gasteiger partial charge in [0.15, 0.2) is 0 Å². The summed E-state index contributed by atoms with van der Waals surface area (Å²) in [6, 6.07) is 13.2. The topological polar surface area (TPSA) is 76.5 Å². The SMILES string of the molecule is COc1cc(NC(=O)Cn2c(CSC)nc3ccccc32)ccc1N1CCCC1=O. The predicted molar refractivity (Wildman–Crippen MR) is 120 cm³/mol. The fourth-order valence-corrected chi connectivity index (χ4v) is 4.25. The van der Waals surface area contributed by atoms with Crippen molar-refractivity contribution < 1.29 is 14.3 Å². The van der Waals surface area contributed by atoms with Gasteiger partial charge in [-0.25, -0.2) is 4.98 Å². The molecule has 7 nitrogen and oxygen atoms in total. The molecule has 156 valence electrons. The Balaban J connectivity index is 1.54. The van der Waals surface area contributed by atoms with Gasteiger partial charge in [-0.05, 0) is 36.9 Å². The second kappa shape index (κ2) is 8.79. The number of carbonyl (C=O) groups is 2. The molecule has 1 aromatic heterocycles. The zero-order chi connectivity index (χ0) is 21.1. The number of hydrogen-bond acceptors (Lipinski definition) is 5. The van der Waals surface area contributed by atoms with Crippen molar-refractivity contribution in [3.8, 4) is 5.75 Å². The highest BCUT2D eigenvalue weighted by Crippen LogP contribution is 2.34. The number of imidazole rings is 1. The maximum Gasteiger partial charge on any atom is 0.244 e. The van der Waals surface area contributed by atoms with Crippen LogP contribution in [0.1, 0.15) is 18.7 Å². The van der Waals surface area contributed by atoms with Gasteiger partial charge < -0.3 is 19.5 Å². The fourth-order valence-electron chi connectivity index (χ4n) is 3.77. The van der Waals surface area contributed by atoms with Crippen LogP contribution < -0.4 is 15.0 Å². The maximum absolute atomic E-state index is 12.8. The van der Waals surface area contributed by atoms with Gasteiger partial charge in [0, 0.05) is 24.7 Å². The minimum Gasteiger partial charge on any atom is -0.494 e. The summed E-state index contributed by atoms with van der Waals surface area (Å²) in [5, 5.41) is 2.94. The molecule has 1 N–H and O–H groups in total. The highest BCUT2D eigenvalue weighted by atomic mass is 32.2. The second-order valence-corrected chi connectivity index (χ2v) is 7.99. The van der Waals surface area contributed by atoms with Crippen LogP contribution in [-0.2, 0) is 21.9 Å². The average molecular weight is 425 g/mol. The van der Waals surface area contributed by atoms with Gasteiger partial charge in [0.25, 0.3) is 0 Å². The van der Waals surface area contributed by atoms with Crippen molar-refractivity contribution in [1.82, 2.24) is 9.55 Å². The first-order valence-corrected chi connectivity index (χ1v) is 11.2. The smallest absolute Gasteiger partial charge is 0.244 e. The summed E-state index contributed by atoms with van der Waals surface area (Å²) in [7, 11) is 1.57. The van der Waals surface area contributed by atoms with Crippen LogP contribution >= 0.6 is 11.8 Å². The number of aromatic nitrogens is 2. The molecule has 2 aromatic carbocycles. The molecule has 2 heterocycles. The molecule has 0 saturated carbocycles. The van der Waals surface area contributed by atoms with Crippen molar-refractivity contribution in [2.75, 3.05) is 30.1 Å². The number of rotatable bonds is 7. The summed E-state index contributed by atoms with van der Waals surface area (Å²) >= 11 is 1.67. The Morgan fingerprint density at radius 1 is 1.27 bits per heavy atom. The lowest BCUT2D eigenvalue weighted by Gasteiger charge is -2.19. The Morgan fingerprint density at radius 3 is 2.83 bits per heavy atom. The molecule has 3 aromatic rings. The molecule has 0 aliphatic carbocycles. The van der Waals surface area contributed by atoms with E-state index in [1.54, 1.807) is 35.9 Å². The fraction of sp³-hybridized carbons (Fsp3) is 0.318. The van der Waals surface area contributed by atoms with Gasteiger partial charge in [-0.3, -0.25) is 9.59 Å². The number of nitrogens with zero attached hydrogens (tertiary/aromatic N) is 3. The lowest BCUT2D eigenvalue weighted by atomic mass is 10.2. The van der Waals surface area contributed by atoms with Crippen LogP contribution in [0.25, 0.3) is 11.0 Å². The van der Waals surface area contributed by atoms with Gasteiger partial charge in [-0.1, -0.05) is 12.1 Å². The predicted octanol–water partition coefficient (Wildman–Crippen LogP) is 3.67. The number of amides is 2. The zero-order valence-corrected chi connectivity index (χ0v) is 17.9. The van der Waals surface area contributed by atoms with Gasteiger partial charge in [0.05, 0.1) is 29.6 Å². The van der Waals surface area contributed by atoms with E-state index in [1.807, 2.05) is 41.2 Å². The summed E-state index contributed by atoms with van der Waals surface area (Å²) in [6.07, 6.45) is 3.42. The number of nitrogens with one attached hydrogen (secondary N) is 1. The first-order valence-electron chi connectivity index (χ1n) is 9.82. The molecule has 0 unspecified atom stereocenters. The Kier molecular flexibility index (Phi) is 5.94. The van der Waals surface area contributed by atoms with Crippen molar-refractivity contribution >= 4 is 46.0 Å². The van der Waals surface area contributed by atoms with Crippen molar-refractivity contribution in [1.29, 1.82) is 0 Å². The monoisotopic (exact) mass is 424 g/mol.